The van der Waals surface area contributed by atoms with E-state index in [2.05, 4.69) is 25.1 Å². The Morgan fingerprint density at radius 3 is 2.82 bits per heavy atom. The molecule has 9 heteroatoms. The molecule has 1 aromatic carbocycles. The number of hydrogen-bond donors (Lipinski definition) is 2. The molecule has 184 valence electrons. The van der Waals surface area contributed by atoms with Gasteiger partial charge in [0.05, 0.1) is 12.1 Å². The summed E-state index contributed by atoms with van der Waals surface area (Å²) in [6.07, 6.45) is 5.49. The molecule has 0 spiro atoms. The van der Waals surface area contributed by atoms with Crippen LogP contribution in [0.15, 0.2) is 36.7 Å². The predicted octanol–water partition coefficient (Wildman–Crippen LogP) is 2.10. The third-order valence-corrected chi connectivity index (χ3v) is 6.62. The molecule has 2 N–H and O–H groups in total. The molecule has 2 saturated heterocycles. The summed E-state index contributed by atoms with van der Waals surface area (Å²) in [7, 11) is 3.55. The molecule has 34 heavy (non-hydrogen) atoms. The number of likely N-dealkylation sites (tertiary alicyclic amines) is 1. The molecule has 2 aliphatic rings. The van der Waals surface area contributed by atoms with Crippen LogP contribution < -0.4 is 15.0 Å². The number of carbonyl (C=O) groups is 1. The van der Waals surface area contributed by atoms with E-state index in [1.54, 1.807) is 24.1 Å². The van der Waals surface area contributed by atoms with Gasteiger partial charge in [-0.1, -0.05) is 6.07 Å². The number of nitrogens with zero attached hydrogens (tertiary/aromatic N) is 5. The number of benzene rings is 1. The highest BCUT2D eigenvalue weighted by atomic mass is 16.5. The second-order valence-electron chi connectivity index (χ2n) is 9.35. The van der Waals surface area contributed by atoms with E-state index in [-0.39, 0.29) is 12.5 Å². The van der Waals surface area contributed by atoms with E-state index in [0.717, 1.165) is 44.2 Å². The zero-order chi connectivity index (χ0) is 24.0. The number of hydrogen-bond acceptors (Lipinski definition) is 8. The molecule has 0 aliphatic carbocycles. The fourth-order valence-corrected chi connectivity index (χ4v) is 4.85. The molecule has 0 bridgehead atoms. The third-order valence-electron chi connectivity index (χ3n) is 6.62. The van der Waals surface area contributed by atoms with Gasteiger partial charge in [0, 0.05) is 45.4 Å². The highest BCUT2D eigenvalue weighted by molar-refractivity contribution is 5.94. The third kappa shape index (κ3) is 6.15. The molecule has 0 saturated carbocycles. The van der Waals surface area contributed by atoms with Crippen LogP contribution in [0.1, 0.15) is 36.0 Å². The number of amides is 1. The zero-order valence-corrected chi connectivity index (χ0v) is 20.2. The maximum absolute atomic E-state index is 13.1. The topological polar surface area (TPSA) is 94.1 Å². The molecule has 0 unspecified atom stereocenters. The van der Waals surface area contributed by atoms with Gasteiger partial charge in [0.25, 0.3) is 5.91 Å². The Hall–Kier alpha value is -2.91. The second kappa shape index (κ2) is 11.0. The van der Waals surface area contributed by atoms with Crippen LogP contribution in [-0.2, 0) is 0 Å². The van der Waals surface area contributed by atoms with Crippen LogP contribution in [-0.4, -0.2) is 96.4 Å². The molecule has 9 nitrogen and oxygen atoms in total. The van der Waals surface area contributed by atoms with Gasteiger partial charge in [0.1, 0.15) is 30.3 Å². The van der Waals surface area contributed by atoms with E-state index < -0.39 is 5.60 Å². The lowest BCUT2D eigenvalue weighted by atomic mass is 9.92. The first-order valence-electron chi connectivity index (χ1n) is 12.1. The van der Waals surface area contributed by atoms with Gasteiger partial charge in [0.15, 0.2) is 0 Å². The van der Waals surface area contributed by atoms with E-state index in [1.165, 1.54) is 19.2 Å². The Labute approximate surface area is 201 Å². The van der Waals surface area contributed by atoms with Gasteiger partial charge in [-0.25, -0.2) is 9.97 Å². The number of likely N-dealkylation sites (N-methyl/N-ethyl adjacent to an activating group) is 1. The van der Waals surface area contributed by atoms with Crippen molar-refractivity contribution in [2.45, 2.75) is 31.3 Å². The molecular formula is C25H36N6O3. The summed E-state index contributed by atoms with van der Waals surface area (Å²) in [4.78, 5) is 27.7. The molecule has 2 aliphatic heterocycles. The molecule has 1 amide bonds. The average Bonchev–Trinajstić information content (AvgIpc) is 3.37. The second-order valence-corrected chi connectivity index (χ2v) is 9.35. The van der Waals surface area contributed by atoms with Crippen LogP contribution in [0, 0.1) is 0 Å². The Morgan fingerprint density at radius 1 is 1.21 bits per heavy atom. The highest BCUT2D eigenvalue weighted by Gasteiger charge is 2.36. The van der Waals surface area contributed by atoms with E-state index in [1.807, 2.05) is 25.2 Å². The SMILES string of the molecule is CNc1cc(N2CCC[C@](O)(CN(C)C(=O)c3cccc(OCCN4CCCC4)c3)C2)ncn1. The van der Waals surface area contributed by atoms with Crippen molar-refractivity contribution in [1.29, 1.82) is 0 Å². The van der Waals surface area contributed by atoms with Crippen molar-refractivity contribution < 1.29 is 14.6 Å². The number of aromatic nitrogens is 2. The van der Waals surface area contributed by atoms with Crippen molar-refractivity contribution in [3.05, 3.63) is 42.2 Å². The number of nitrogens with one attached hydrogen (secondary N) is 1. The van der Waals surface area contributed by atoms with Crippen molar-refractivity contribution in [3.63, 3.8) is 0 Å². The Kier molecular flexibility index (Phi) is 7.84. The van der Waals surface area contributed by atoms with Crippen LogP contribution in [0.25, 0.3) is 0 Å². The fraction of sp³-hybridized carbons (Fsp3) is 0.560. The first-order valence-corrected chi connectivity index (χ1v) is 12.1. The molecule has 1 aromatic heterocycles. The summed E-state index contributed by atoms with van der Waals surface area (Å²) >= 11 is 0. The number of rotatable bonds is 9. The monoisotopic (exact) mass is 468 g/mol. The van der Waals surface area contributed by atoms with Gasteiger partial charge < -0.3 is 25.0 Å². The van der Waals surface area contributed by atoms with Crippen LogP contribution in [0.4, 0.5) is 11.6 Å². The first-order chi connectivity index (χ1) is 16.5. The van der Waals surface area contributed by atoms with Gasteiger partial charge in [-0.05, 0) is 57.0 Å². The molecule has 4 rings (SSSR count). The lowest BCUT2D eigenvalue weighted by molar-refractivity contribution is -0.000141. The van der Waals surface area contributed by atoms with Crippen LogP contribution >= 0.6 is 0 Å². The van der Waals surface area contributed by atoms with Crippen LogP contribution in [0.2, 0.25) is 0 Å². The van der Waals surface area contributed by atoms with Gasteiger partial charge in [-0.15, -0.1) is 0 Å². The van der Waals surface area contributed by atoms with Crippen molar-refractivity contribution in [2.75, 3.05) is 70.2 Å². The number of ether oxygens (including phenoxy) is 1. The number of carbonyl (C=O) groups excluding carboxylic acids is 1. The molecule has 2 fully saturated rings. The normalized spacial score (nSPS) is 20.9. The molecule has 1 atom stereocenters. The van der Waals surface area contributed by atoms with E-state index in [0.29, 0.717) is 30.9 Å². The largest absolute Gasteiger partial charge is 0.492 e. The Morgan fingerprint density at radius 2 is 2.03 bits per heavy atom. The van der Waals surface area contributed by atoms with Crippen molar-refractivity contribution in [1.82, 2.24) is 19.8 Å². The summed E-state index contributed by atoms with van der Waals surface area (Å²) in [5, 5.41) is 14.4. The molecular weight excluding hydrogens is 432 g/mol. The molecule has 0 radical (unpaired) electrons. The number of anilines is 2. The molecule has 3 heterocycles. The number of piperidine rings is 1. The Bertz CT molecular complexity index is 967. The van der Waals surface area contributed by atoms with E-state index >= 15 is 0 Å². The quantitative estimate of drug-likeness (QED) is 0.578. The maximum Gasteiger partial charge on any atom is 0.253 e. The first kappa shape index (κ1) is 24.2. The van der Waals surface area contributed by atoms with Crippen molar-refractivity contribution >= 4 is 17.5 Å². The van der Waals surface area contributed by atoms with E-state index in [4.69, 9.17) is 4.74 Å². The van der Waals surface area contributed by atoms with Crippen molar-refractivity contribution in [2.24, 2.45) is 0 Å². The average molecular weight is 469 g/mol. The number of aliphatic hydroxyl groups is 1. The number of β-amino-alcohol motifs (C(OH)–C–C–N with tert-alkyl or cyclic N) is 1. The lowest BCUT2D eigenvalue weighted by Crippen LogP contribution is -2.54. The van der Waals surface area contributed by atoms with Gasteiger partial charge in [0.2, 0.25) is 0 Å². The zero-order valence-electron chi connectivity index (χ0n) is 20.2. The maximum atomic E-state index is 13.1. The summed E-state index contributed by atoms with van der Waals surface area (Å²) in [5.74, 6) is 2.07. The summed E-state index contributed by atoms with van der Waals surface area (Å²) in [5.41, 5.74) is -0.455. The smallest absolute Gasteiger partial charge is 0.253 e. The van der Waals surface area contributed by atoms with E-state index in [9.17, 15) is 9.90 Å². The lowest BCUT2D eigenvalue weighted by Gasteiger charge is -2.41. The summed E-state index contributed by atoms with van der Waals surface area (Å²) < 4.78 is 5.90. The summed E-state index contributed by atoms with van der Waals surface area (Å²) in [6.45, 7) is 5.25. The minimum atomic E-state index is -1.02. The summed E-state index contributed by atoms with van der Waals surface area (Å²) in [6, 6.07) is 9.19. The minimum Gasteiger partial charge on any atom is -0.492 e. The van der Waals surface area contributed by atoms with Gasteiger partial charge >= 0.3 is 0 Å². The fourth-order valence-electron chi connectivity index (χ4n) is 4.85. The van der Waals surface area contributed by atoms with Crippen LogP contribution in [0.3, 0.4) is 0 Å². The van der Waals surface area contributed by atoms with Crippen LogP contribution in [0.5, 0.6) is 5.75 Å². The van der Waals surface area contributed by atoms with Crippen molar-refractivity contribution in [3.8, 4) is 5.75 Å². The molecule has 2 aromatic rings. The minimum absolute atomic E-state index is 0.130. The predicted molar refractivity (Wildman–Crippen MR) is 133 cm³/mol. The van der Waals surface area contributed by atoms with Gasteiger partial charge in [-0.2, -0.15) is 0 Å². The Balaban J connectivity index is 1.34. The highest BCUT2D eigenvalue weighted by Crippen LogP contribution is 2.27. The standard InChI is InChI=1S/C25H36N6O3/c1-26-22-16-23(28-19-27-22)31-12-6-9-25(33,18-31)17-29(2)24(32)20-7-5-8-21(15-20)34-14-13-30-10-3-4-11-30/h5,7-8,15-16,19,33H,3-4,6,9-14,17-18H2,1-2H3,(H,26,27,28)/t25-/m0/s1. The van der Waals surface area contributed by atoms with Gasteiger partial charge in [-0.3, -0.25) is 9.69 Å².